The molecule has 1 heterocycles. The van der Waals surface area contributed by atoms with Crippen molar-refractivity contribution >= 4 is 0 Å². The normalized spacial score (nSPS) is 21.7. The molecule has 0 amide bonds. The Morgan fingerprint density at radius 2 is 1.62 bits per heavy atom. The highest BCUT2D eigenvalue weighted by atomic mass is 15.0. The van der Waals surface area contributed by atoms with Gasteiger partial charge in [-0.25, -0.2) is 0 Å². The van der Waals surface area contributed by atoms with Gasteiger partial charge in [-0.2, -0.15) is 0 Å². The van der Waals surface area contributed by atoms with Crippen molar-refractivity contribution in [3.63, 3.8) is 0 Å². The zero-order valence-corrected chi connectivity index (χ0v) is 9.69. The van der Waals surface area contributed by atoms with Gasteiger partial charge >= 0.3 is 0 Å². The van der Waals surface area contributed by atoms with Gasteiger partial charge in [0.15, 0.2) is 0 Å². The summed E-state index contributed by atoms with van der Waals surface area (Å²) in [6.07, 6.45) is 5.47. The summed E-state index contributed by atoms with van der Waals surface area (Å²) in [5.74, 6) is 1.65. The van der Waals surface area contributed by atoms with Gasteiger partial charge in [-0.05, 0) is 44.1 Å². The van der Waals surface area contributed by atoms with Crippen LogP contribution in [0.1, 0.15) is 53.4 Å². The van der Waals surface area contributed by atoms with Crippen LogP contribution in [-0.2, 0) is 0 Å². The molecular weight excluding hydrogens is 158 g/mol. The van der Waals surface area contributed by atoms with E-state index in [0.717, 1.165) is 11.8 Å². The lowest BCUT2D eigenvalue weighted by atomic mass is 9.81. The van der Waals surface area contributed by atoms with Crippen LogP contribution in [0.25, 0.3) is 0 Å². The van der Waals surface area contributed by atoms with Crippen molar-refractivity contribution in [2.75, 3.05) is 6.54 Å². The van der Waals surface area contributed by atoms with E-state index in [1.807, 2.05) is 0 Å². The first-order valence-corrected chi connectivity index (χ1v) is 5.79. The fourth-order valence-electron chi connectivity index (χ4n) is 2.86. The number of hydrogen-bond acceptors (Lipinski definition) is 1. The monoisotopic (exact) mass is 183 g/mol. The number of hydrogen-bond donors (Lipinski definition) is 1. The van der Waals surface area contributed by atoms with Crippen molar-refractivity contribution in [1.82, 2.24) is 5.32 Å². The SMILES string of the molecule is CC(C)CC1(CC(C)C)CCCN1. The Kier molecular flexibility index (Phi) is 3.78. The van der Waals surface area contributed by atoms with E-state index >= 15 is 0 Å². The highest BCUT2D eigenvalue weighted by Gasteiger charge is 2.34. The van der Waals surface area contributed by atoms with Gasteiger partial charge in [0.05, 0.1) is 0 Å². The fourth-order valence-corrected chi connectivity index (χ4v) is 2.86. The Bertz CT molecular complexity index is 131. The summed E-state index contributed by atoms with van der Waals surface area (Å²) < 4.78 is 0. The molecule has 0 saturated carbocycles. The summed E-state index contributed by atoms with van der Waals surface area (Å²) in [5.41, 5.74) is 0.488. The van der Waals surface area contributed by atoms with Gasteiger partial charge in [0.1, 0.15) is 0 Å². The lowest BCUT2D eigenvalue weighted by molar-refractivity contribution is 0.253. The van der Waals surface area contributed by atoms with Crippen LogP contribution in [0.3, 0.4) is 0 Å². The summed E-state index contributed by atoms with van der Waals surface area (Å²) in [6.45, 7) is 10.6. The smallest absolute Gasteiger partial charge is 0.0186 e. The number of rotatable bonds is 4. The third-order valence-corrected chi connectivity index (χ3v) is 2.93. The maximum absolute atomic E-state index is 3.73. The summed E-state index contributed by atoms with van der Waals surface area (Å²) in [7, 11) is 0. The van der Waals surface area contributed by atoms with Crippen LogP contribution in [-0.4, -0.2) is 12.1 Å². The molecule has 0 aromatic heterocycles. The van der Waals surface area contributed by atoms with Crippen molar-refractivity contribution in [3.05, 3.63) is 0 Å². The molecule has 1 rings (SSSR count). The highest BCUT2D eigenvalue weighted by molar-refractivity contribution is 4.94. The molecule has 1 aliphatic rings. The van der Waals surface area contributed by atoms with E-state index in [-0.39, 0.29) is 0 Å². The molecule has 0 aromatic carbocycles. The van der Waals surface area contributed by atoms with Crippen LogP contribution in [0, 0.1) is 11.8 Å². The van der Waals surface area contributed by atoms with Crippen LogP contribution >= 0.6 is 0 Å². The van der Waals surface area contributed by atoms with E-state index < -0.39 is 0 Å². The molecular formula is C12H25N. The molecule has 0 aromatic rings. The van der Waals surface area contributed by atoms with Gasteiger partial charge in [-0.3, -0.25) is 0 Å². The molecule has 78 valence electrons. The molecule has 0 aliphatic carbocycles. The molecule has 0 spiro atoms. The average Bonchev–Trinajstić information content (AvgIpc) is 2.33. The fraction of sp³-hybridized carbons (Fsp3) is 1.00. The van der Waals surface area contributed by atoms with Gasteiger partial charge in [-0.15, -0.1) is 0 Å². The van der Waals surface area contributed by atoms with Gasteiger partial charge in [-0.1, -0.05) is 27.7 Å². The topological polar surface area (TPSA) is 12.0 Å². The van der Waals surface area contributed by atoms with Crippen LogP contribution in [0.5, 0.6) is 0 Å². The number of nitrogens with one attached hydrogen (secondary N) is 1. The molecule has 1 saturated heterocycles. The molecule has 1 N–H and O–H groups in total. The van der Waals surface area contributed by atoms with Crippen molar-refractivity contribution in [3.8, 4) is 0 Å². The minimum Gasteiger partial charge on any atom is -0.311 e. The standard InChI is InChI=1S/C12H25N/c1-10(2)8-12(9-11(3)4)6-5-7-13-12/h10-11,13H,5-9H2,1-4H3. The summed E-state index contributed by atoms with van der Waals surface area (Å²) in [4.78, 5) is 0. The third kappa shape index (κ3) is 3.30. The highest BCUT2D eigenvalue weighted by Crippen LogP contribution is 2.32. The zero-order chi connectivity index (χ0) is 9.90. The molecule has 1 heteroatoms. The van der Waals surface area contributed by atoms with E-state index in [2.05, 4.69) is 33.0 Å². The molecule has 0 bridgehead atoms. The van der Waals surface area contributed by atoms with Crippen LogP contribution in [0.2, 0.25) is 0 Å². The Labute approximate surface area is 83.3 Å². The van der Waals surface area contributed by atoms with Gasteiger partial charge in [0.2, 0.25) is 0 Å². The quantitative estimate of drug-likeness (QED) is 0.706. The van der Waals surface area contributed by atoms with Gasteiger partial charge in [0.25, 0.3) is 0 Å². The molecule has 1 nitrogen and oxygen atoms in total. The molecule has 1 fully saturated rings. The Morgan fingerprint density at radius 3 is 1.92 bits per heavy atom. The summed E-state index contributed by atoms with van der Waals surface area (Å²) in [5, 5.41) is 3.73. The molecule has 1 aliphatic heterocycles. The first kappa shape index (κ1) is 11.0. The predicted molar refractivity (Wildman–Crippen MR) is 58.9 cm³/mol. The molecule has 0 unspecified atom stereocenters. The van der Waals surface area contributed by atoms with Crippen LogP contribution < -0.4 is 5.32 Å². The lowest BCUT2D eigenvalue weighted by Gasteiger charge is -2.33. The van der Waals surface area contributed by atoms with E-state index in [4.69, 9.17) is 0 Å². The maximum atomic E-state index is 3.73. The van der Waals surface area contributed by atoms with Crippen molar-refractivity contribution < 1.29 is 0 Å². The first-order chi connectivity index (χ1) is 6.04. The van der Waals surface area contributed by atoms with Gasteiger partial charge in [0, 0.05) is 5.54 Å². The predicted octanol–water partition coefficient (Wildman–Crippen LogP) is 3.20. The van der Waals surface area contributed by atoms with Gasteiger partial charge < -0.3 is 5.32 Å². The van der Waals surface area contributed by atoms with Crippen molar-refractivity contribution in [2.45, 2.75) is 58.9 Å². The lowest BCUT2D eigenvalue weighted by Crippen LogP contribution is -2.42. The Hall–Kier alpha value is -0.0400. The van der Waals surface area contributed by atoms with E-state index in [1.165, 1.54) is 32.2 Å². The zero-order valence-electron chi connectivity index (χ0n) is 9.69. The molecule has 0 atom stereocenters. The van der Waals surface area contributed by atoms with Crippen LogP contribution in [0.15, 0.2) is 0 Å². The second kappa shape index (κ2) is 4.45. The second-order valence-corrected chi connectivity index (χ2v) is 5.51. The van der Waals surface area contributed by atoms with Crippen LogP contribution in [0.4, 0.5) is 0 Å². The maximum Gasteiger partial charge on any atom is 0.0186 e. The van der Waals surface area contributed by atoms with E-state index in [0.29, 0.717) is 5.54 Å². The van der Waals surface area contributed by atoms with Crippen molar-refractivity contribution in [2.24, 2.45) is 11.8 Å². The Balaban J connectivity index is 2.52. The average molecular weight is 183 g/mol. The molecule has 13 heavy (non-hydrogen) atoms. The second-order valence-electron chi connectivity index (χ2n) is 5.51. The summed E-state index contributed by atoms with van der Waals surface area (Å²) in [6, 6.07) is 0. The minimum absolute atomic E-state index is 0.488. The molecule has 0 radical (unpaired) electrons. The third-order valence-electron chi connectivity index (χ3n) is 2.93. The van der Waals surface area contributed by atoms with Crippen molar-refractivity contribution in [1.29, 1.82) is 0 Å². The largest absolute Gasteiger partial charge is 0.311 e. The van der Waals surface area contributed by atoms with E-state index in [1.54, 1.807) is 0 Å². The summed E-state index contributed by atoms with van der Waals surface area (Å²) >= 11 is 0. The minimum atomic E-state index is 0.488. The first-order valence-electron chi connectivity index (χ1n) is 5.79. The van der Waals surface area contributed by atoms with E-state index in [9.17, 15) is 0 Å². The Morgan fingerprint density at radius 1 is 1.08 bits per heavy atom.